The van der Waals surface area contributed by atoms with Gasteiger partial charge in [0.2, 0.25) is 0 Å². The summed E-state index contributed by atoms with van der Waals surface area (Å²) in [6.07, 6.45) is 0. The van der Waals surface area contributed by atoms with E-state index < -0.39 is 0 Å². The van der Waals surface area contributed by atoms with Crippen molar-refractivity contribution in [2.75, 3.05) is 4.90 Å². The topological polar surface area (TPSA) is 16.4 Å². The summed E-state index contributed by atoms with van der Waals surface area (Å²) in [4.78, 5) is 2.55. The molecule has 0 unspecified atom stereocenters. The van der Waals surface area contributed by atoms with E-state index in [0.717, 1.165) is 61.3 Å². The van der Waals surface area contributed by atoms with E-state index in [-0.39, 0.29) is 0 Å². The number of benzene rings is 9. The van der Waals surface area contributed by atoms with E-state index in [9.17, 15) is 0 Å². The summed E-state index contributed by atoms with van der Waals surface area (Å²) in [5.41, 5.74) is 11.9. The Morgan fingerprint density at radius 2 is 0.897 bits per heavy atom. The van der Waals surface area contributed by atoms with Crippen molar-refractivity contribution in [2.24, 2.45) is 0 Å². The van der Waals surface area contributed by atoms with Crippen LogP contribution < -0.4 is 4.90 Å². The molecular weight excluding hydrogens is 743 g/mol. The van der Waals surface area contributed by atoms with E-state index in [2.05, 4.69) is 205 Å². The molecule has 0 spiro atoms. The van der Waals surface area contributed by atoms with Gasteiger partial charge in [0, 0.05) is 51.3 Å². The van der Waals surface area contributed by atoms with Crippen LogP contribution in [0.4, 0.5) is 17.1 Å². The lowest BCUT2D eigenvalue weighted by molar-refractivity contribution is 0.670. The van der Waals surface area contributed by atoms with Crippen LogP contribution in [0.15, 0.2) is 205 Å². The van der Waals surface area contributed by atoms with Crippen LogP contribution in [0.2, 0.25) is 0 Å². The van der Waals surface area contributed by atoms with E-state index in [0.29, 0.717) is 0 Å². The zero-order valence-corrected chi connectivity index (χ0v) is 32.9. The van der Waals surface area contributed by atoms with Crippen LogP contribution in [0.1, 0.15) is 0 Å². The molecule has 2 nitrogen and oxygen atoms in total. The lowest BCUT2D eigenvalue weighted by Gasteiger charge is -2.29. The fourth-order valence-corrected chi connectivity index (χ4v) is 11.1. The molecule has 0 aliphatic carbocycles. The molecule has 3 aromatic heterocycles. The molecule has 0 aliphatic rings. The van der Waals surface area contributed by atoms with Crippen molar-refractivity contribution in [3.8, 4) is 33.4 Å². The number of anilines is 3. The highest BCUT2D eigenvalue weighted by Gasteiger charge is 2.27. The van der Waals surface area contributed by atoms with Crippen molar-refractivity contribution in [3.05, 3.63) is 200 Å². The molecule has 0 fully saturated rings. The quantitative estimate of drug-likeness (QED) is 0.167. The van der Waals surface area contributed by atoms with E-state index in [1.54, 1.807) is 0 Å². The Morgan fingerprint density at radius 3 is 1.60 bits per heavy atom. The van der Waals surface area contributed by atoms with Crippen molar-refractivity contribution in [3.63, 3.8) is 0 Å². The summed E-state index contributed by atoms with van der Waals surface area (Å²) in [7, 11) is 0. The Labute approximate surface area is 343 Å². The van der Waals surface area contributed by atoms with Crippen LogP contribution >= 0.6 is 22.7 Å². The molecule has 0 N–H and O–H groups in total. The van der Waals surface area contributed by atoms with Gasteiger partial charge in [-0.05, 0) is 88.5 Å². The van der Waals surface area contributed by atoms with Crippen molar-refractivity contribution < 1.29 is 4.42 Å². The average Bonchev–Trinajstić information content (AvgIpc) is 3.99. The summed E-state index contributed by atoms with van der Waals surface area (Å²) in [6, 6.07) is 72.6. The summed E-state index contributed by atoms with van der Waals surface area (Å²) in [5.74, 6) is 0. The molecule has 272 valence electrons. The second-order valence-electron chi connectivity index (χ2n) is 14.8. The summed E-state index contributed by atoms with van der Waals surface area (Å²) >= 11 is 3.72. The predicted octanol–water partition coefficient (Wildman–Crippen LogP) is 16.8. The number of hydrogen-bond donors (Lipinski definition) is 0. The molecule has 0 saturated carbocycles. The maximum Gasteiger partial charge on any atom is 0.145 e. The number of rotatable bonds is 6. The largest absolute Gasteiger partial charge is 0.455 e. The third-order valence-corrected chi connectivity index (χ3v) is 13.7. The Hall–Kier alpha value is -6.98. The molecule has 0 atom stereocenters. The molecule has 0 amide bonds. The molecular formula is C54H33NOS2. The molecule has 12 aromatic rings. The average molecular weight is 776 g/mol. The molecule has 0 radical (unpaired) electrons. The number of hydrogen-bond acceptors (Lipinski definition) is 4. The molecule has 4 heteroatoms. The van der Waals surface area contributed by atoms with Crippen LogP contribution in [0.5, 0.6) is 0 Å². The molecule has 3 heterocycles. The second kappa shape index (κ2) is 13.3. The smallest absolute Gasteiger partial charge is 0.145 e. The van der Waals surface area contributed by atoms with Crippen molar-refractivity contribution in [2.45, 2.75) is 0 Å². The fraction of sp³-hybridized carbons (Fsp3) is 0. The molecule has 58 heavy (non-hydrogen) atoms. The first-order valence-corrected chi connectivity index (χ1v) is 21.2. The first kappa shape index (κ1) is 33.2. The molecule has 12 rings (SSSR count). The lowest BCUT2D eigenvalue weighted by atomic mass is 9.97. The molecule has 0 aliphatic heterocycles. The fourth-order valence-electron chi connectivity index (χ4n) is 8.84. The van der Waals surface area contributed by atoms with Crippen molar-refractivity contribution >= 4 is 102 Å². The highest BCUT2D eigenvalue weighted by atomic mass is 32.1. The van der Waals surface area contributed by atoms with E-state index in [1.807, 2.05) is 22.7 Å². The van der Waals surface area contributed by atoms with Gasteiger partial charge in [0.1, 0.15) is 11.2 Å². The predicted molar refractivity (Wildman–Crippen MR) is 250 cm³/mol. The lowest BCUT2D eigenvalue weighted by Crippen LogP contribution is -2.11. The monoisotopic (exact) mass is 775 g/mol. The van der Waals surface area contributed by atoms with Gasteiger partial charge in [-0.2, -0.15) is 0 Å². The third kappa shape index (κ3) is 5.23. The van der Waals surface area contributed by atoms with Gasteiger partial charge in [-0.1, -0.05) is 140 Å². The minimum atomic E-state index is 0.865. The first-order valence-electron chi connectivity index (χ1n) is 19.6. The van der Waals surface area contributed by atoms with Crippen LogP contribution in [0.3, 0.4) is 0 Å². The van der Waals surface area contributed by atoms with E-state index in [4.69, 9.17) is 4.42 Å². The van der Waals surface area contributed by atoms with Gasteiger partial charge >= 0.3 is 0 Å². The maximum atomic E-state index is 7.12. The van der Waals surface area contributed by atoms with Gasteiger partial charge in [-0.15, -0.1) is 22.7 Å². The summed E-state index contributed by atoms with van der Waals surface area (Å²) in [6.45, 7) is 0. The first-order chi connectivity index (χ1) is 28.8. The second-order valence-corrected chi connectivity index (χ2v) is 17.0. The van der Waals surface area contributed by atoms with Gasteiger partial charge in [0.25, 0.3) is 0 Å². The molecule has 9 aromatic carbocycles. The zero-order chi connectivity index (χ0) is 38.2. The minimum absolute atomic E-state index is 0.865. The van der Waals surface area contributed by atoms with Gasteiger partial charge in [0.15, 0.2) is 0 Å². The van der Waals surface area contributed by atoms with Gasteiger partial charge in [-0.3, -0.25) is 0 Å². The van der Waals surface area contributed by atoms with Gasteiger partial charge in [0.05, 0.1) is 22.4 Å². The van der Waals surface area contributed by atoms with Crippen molar-refractivity contribution in [1.82, 2.24) is 0 Å². The Bertz CT molecular complexity index is 3510. The van der Waals surface area contributed by atoms with E-state index in [1.165, 1.54) is 51.5 Å². The third-order valence-electron chi connectivity index (χ3n) is 11.5. The van der Waals surface area contributed by atoms with Crippen molar-refractivity contribution in [1.29, 1.82) is 0 Å². The minimum Gasteiger partial charge on any atom is -0.455 e. The van der Waals surface area contributed by atoms with Crippen LogP contribution in [-0.2, 0) is 0 Å². The van der Waals surface area contributed by atoms with Gasteiger partial charge < -0.3 is 9.32 Å². The van der Waals surface area contributed by atoms with Crippen LogP contribution in [0.25, 0.3) is 95.7 Å². The SMILES string of the molecule is c1ccc(-c2ccc3c(c2)oc2c(-c4ccccc4)ccc(N(c4cccc5sc6ccccc6c45)c4cc(-c5ccccc5)cc5sc6ccccc6c45)c23)cc1. The number of thiophene rings is 2. The van der Waals surface area contributed by atoms with Crippen LogP contribution in [-0.4, -0.2) is 0 Å². The Kier molecular flexibility index (Phi) is 7.62. The maximum absolute atomic E-state index is 7.12. The Balaban J connectivity index is 1.25. The molecule has 0 bridgehead atoms. The number of nitrogens with zero attached hydrogens (tertiary/aromatic N) is 1. The van der Waals surface area contributed by atoms with Crippen LogP contribution in [0, 0.1) is 0 Å². The summed E-state index contributed by atoms with van der Waals surface area (Å²) < 4.78 is 12.2. The molecule has 0 saturated heterocycles. The number of furan rings is 1. The number of fused-ring (bicyclic) bond motifs is 9. The van der Waals surface area contributed by atoms with E-state index >= 15 is 0 Å². The highest BCUT2D eigenvalue weighted by Crippen LogP contribution is 2.53. The standard InChI is InChI=1S/C54H33NOS2/c1-4-15-34(16-5-1)37-27-28-40-46(32-37)56-54-39(36-19-8-3-9-20-36)29-30-44(53(40)54)55(43-23-14-26-49-51(43)41-21-10-12-24-47(41)57-49)45-31-38(35-17-6-2-7-18-35)33-50-52(45)42-22-11-13-25-48(42)58-50/h1-33H. The normalized spacial score (nSPS) is 11.8. The summed E-state index contributed by atoms with van der Waals surface area (Å²) in [5, 5.41) is 7.18. The Morgan fingerprint density at radius 1 is 0.328 bits per heavy atom. The zero-order valence-electron chi connectivity index (χ0n) is 31.2. The highest BCUT2D eigenvalue weighted by molar-refractivity contribution is 7.26. The van der Waals surface area contributed by atoms with Gasteiger partial charge in [-0.25, -0.2) is 0 Å².